The summed E-state index contributed by atoms with van der Waals surface area (Å²) < 4.78 is 5.10. The van der Waals surface area contributed by atoms with Crippen LogP contribution in [0.2, 0.25) is 5.02 Å². The van der Waals surface area contributed by atoms with Gasteiger partial charge < -0.3 is 10.1 Å². The molecule has 0 aliphatic rings. The van der Waals surface area contributed by atoms with Crippen molar-refractivity contribution in [1.29, 1.82) is 0 Å². The van der Waals surface area contributed by atoms with E-state index in [4.69, 9.17) is 16.3 Å². The fraction of sp³-hybridized carbons (Fsp3) is 0.0870. The van der Waals surface area contributed by atoms with Gasteiger partial charge in [-0.05, 0) is 54.1 Å². The predicted molar refractivity (Wildman–Crippen MR) is 118 cm³/mol. The number of amides is 3. The maximum atomic E-state index is 12.3. The third-order valence-electron chi connectivity index (χ3n) is 4.34. The van der Waals surface area contributed by atoms with Gasteiger partial charge in [0.1, 0.15) is 5.75 Å². The molecule has 0 bridgehead atoms. The van der Waals surface area contributed by atoms with E-state index in [1.165, 1.54) is 7.11 Å². The summed E-state index contributed by atoms with van der Waals surface area (Å²) in [6.07, 6.45) is 0.136. The molecule has 0 aromatic heterocycles. The van der Waals surface area contributed by atoms with Gasteiger partial charge in [0.25, 0.3) is 11.8 Å². The van der Waals surface area contributed by atoms with Gasteiger partial charge in [0.2, 0.25) is 5.91 Å². The van der Waals surface area contributed by atoms with Gasteiger partial charge >= 0.3 is 0 Å². The number of hydrazine groups is 1. The zero-order valence-electron chi connectivity index (χ0n) is 16.6. The van der Waals surface area contributed by atoms with Gasteiger partial charge in [0, 0.05) is 16.8 Å². The van der Waals surface area contributed by atoms with E-state index >= 15 is 0 Å². The van der Waals surface area contributed by atoms with Crippen LogP contribution < -0.4 is 20.9 Å². The van der Waals surface area contributed by atoms with Gasteiger partial charge in [-0.25, -0.2) is 0 Å². The second kappa shape index (κ2) is 10.3. The second-order valence-electron chi connectivity index (χ2n) is 6.55. The van der Waals surface area contributed by atoms with Crippen LogP contribution in [-0.2, 0) is 11.2 Å². The van der Waals surface area contributed by atoms with Crippen molar-refractivity contribution in [2.24, 2.45) is 0 Å². The number of ether oxygens (including phenoxy) is 1. The molecule has 0 aliphatic carbocycles. The number of anilines is 1. The molecule has 3 N–H and O–H groups in total. The average Bonchev–Trinajstić information content (AvgIpc) is 2.78. The minimum atomic E-state index is -0.477. The molecule has 3 rings (SSSR count). The first-order chi connectivity index (χ1) is 15.0. The number of hydrogen-bond donors (Lipinski definition) is 3. The number of methoxy groups -OCH3 is 1. The summed E-state index contributed by atoms with van der Waals surface area (Å²) in [5.41, 5.74) is 6.75. The van der Waals surface area contributed by atoms with Gasteiger partial charge in [-0.2, -0.15) is 0 Å². The number of halogens is 1. The monoisotopic (exact) mass is 437 g/mol. The highest BCUT2D eigenvalue weighted by Crippen LogP contribution is 2.25. The summed E-state index contributed by atoms with van der Waals surface area (Å²) >= 11 is 6.08. The third kappa shape index (κ3) is 6.07. The zero-order chi connectivity index (χ0) is 22.2. The van der Waals surface area contributed by atoms with E-state index in [0.29, 0.717) is 27.6 Å². The van der Waals surface area contributed by atoms with Crippen molar-refractivity contribution in [2.45, 2.75) is 6.42 Å². The lowest BCUT2D eigenvalue weighted by Crippen LogP contribution is -2.41. The van der Waals surface area contributed by atoms with Crippen LogP contribution in [-0.4, -0.2) is 24.8 Å². The first kappa shape index (κ1) is 21.9. The Kier molecular flexibility index (Phi) is 7.24. The normalized spacial score (nSPS) is 10.1. The van der Waals surface area contributed by atoms with Crippen molar-refractivity contribution < 1.29 is 19.1 Å². The van der Waals surface area contributed by atoms with E-state index in [1.807, 2.05) is 0 Å². The minimum absolute atomic E-state index is 0.136. The molecule has 0 aliphatic heterocycles. The van der Waals surface area contributed by atoms with Crippen LogP contribution in [0.15, 0.2) is 72.8 Å². The fourth-order valence-electron chi connectivity index (χ4n) is 2.76. The Morgan fingerprint density at radius 1 is 0.839 bits per heavy atom. The van der Waals surface area contributed by atoms with Gasteiger partial charge in [0.15, 0.2) is 0 Å². The van der Waals surface area contributed by atoms with Crippen LogP contribution >= 0.6 is 11.6 Å². The Morgan fingerprint density at radius 2 is 1.45 bits per heavy atom. The molecular formula is C23H20ClN3O4. The van der Waals surface area contributed by atoms with Crippen molar-refractivity contribution in [3.8, 4) is 5.75 Å². The lowest BCUT2D eigenvalue weighted by Gasteiger charge is -2.09. The van der Waals surface area contributed by atoms with E-state index in [2.05, 4.69) is 16.2 Å². The number of hydrogen-bond acceptors (Lipinski definition) is 4. The van der Waals surface area contributed by atoms with Crippen LogP contribution in [0, 0.1) is 0 Å². The van der Waals surface area contributed by atoms with Gasteiger partial charge in [-0.15, -0.1) is 0 Å². The van der Waals surface area contributed by atoms with Crippen LogP contribution in [0.25, 0.3) is 0 Å². The molecule has 8 heteroatoms. The van der Waals surface area contributed by atoms with Crippen LogP contribution in [0.3, 0.4) is 0 Å². The first-order valence-electron chi connectivity index (χ1n) is 9.34. The molecule has 0 saturated carbocycles. The highest BCUT2D eigenvalue weighted by atomic mass is 35.5. The summed E-state index contributed by atoms with van der Waals surface area (Å²) in [6.45, 7) is 0. The largest absolute Gasteiger partial charge is 0.495 e. The maximum Gasteiger partial charge on any atom is 0.269 e. The standard InChI is InChI=1S/C23H20ClN3O4/c1-31-20-12-7-15(13-19(20)24)14-21(28)25-18-10-8-17(9-11-18)23(30)27-26-22(29)16-5-3-2-4-6-16/h2-13H,14H2,1H3,(H,25,28)(H,26,29)(H,27,30). The molecule has 0 fully saturated rings. The lowest BCUT2D eigenvalue weighted by atomic mass is 10.1. The van der Waals surface area contributed by atoms with Crippen molar-refractivity contribution in [3.63, 3.8) is 0 Å². The van der Waals surface area contributed by atoms with E-state index in [-0.39, 0.29) is 12.3 Å². The fourth-order valence-corrected chi connectivity index (χ4v) is 3.04. The Labute approximate surface area is 184 Å². The summed E-state index contributed by atoms with van der Waals surface area (Å²) in [7, 11) is 1.52. The van der Waals surface area contributed by atoms with Gasteiger partial charge in [-0.3, -0.25) is 25.2 Å². The SMILES string of the molecule is COc1ccc(CC(=O)Nc2ccc(C(=O)NNC(=O)c3ccccc3)cc2)cc1Cl. The summed E-state index contributed by atoms with van der Waals surface area (Å²) in [6, 6.07) is 20.0. The van der Waals surface area contributed by atoms with Crippen LogP contribution in [0.1, 0.15) is 26.3 Å². The van der Waals surface area contributed by atoms with Crippen LogP contribution in [0.5, 0.6) is 5.75 Å². The molecule has 0 radical (unpaired) electrons. The number of benzene rings is 3. The topological polar surface area (TPSA) is 96.5 Å². The molecule has 0 atom stereocenters. The average molecular weight is 438 g/mol. The van der Waals surface area contributed by atoms with Crippen molar-refractivity contribution in [1.82, 2.24) is 10.9 Å². The highest BCUT2D eigenvalue weighted by Gasteiger charge is 2.10. The molecule has 3 aromatic carbocycles. The van der Waals surface area contributed by atoms with E-state index in [0.717, 1.165) is 5.56 Å². The number of rotatable bonds is 6. The molecule has 158 valence electrons. The van der Waals surface area contributed by atoms with E-state index in [9.17, 15) is 14.4 Å². The molecule has 31 heavy (non-hydrogen) atoms. The molecule has 0 saturated heterocycles. The summed E-state index contributed by atoms with van der Waals surface area (Å²) in [5.74, 6) is -0.584. The Hall–Kier alpha value is -3.84. The molecule has 0 spiro atoms. The van der Waals surface area contributed by atoms with Crippen molar-refractivity contribution >= 4 is 35.0 Å². The molecule has 3 aromatic rings. The van der Waals surface area contributed by atoms with Gasteiger partial charge in [0.05, 0.1) is 18.6 Å². The quantitative estimate of drug-likeness (QED) is 0.513. The molecular weight excluding hydrogens is 418 g/mol. The summed E-state index contributed by atoms with van der Waals surface area (Å²) in [4.78, 5) is 36.4. The Morgan fingerprint density at radius 3 is 2.03 bits per heavy atom. The summed E-state index contributed by atoms with van der Waals surface area (Å²) in [5, 5.41) is 3.19. The van der Waals surface area contributed by atoms with E-state index in [1.54, 1.807) is 72.8 Å². The molecule has 0 heterocycles. The smallest absolute Gasteiger partial charge is 0.269 e. The Balaban J connectivity index is 1.52. The highest BCUT2D eigenvalue weighted by molar-refractivity contribution is 6.32. The number of carbonyl (C=O) groups excluding carboxylic acids is 3. The minimum Gasteiger partial charge on any atom is -0.495 e. The van der Waals surface area contributed by atoms with Crippen molar-refractivity contribution in [2.75, 3.05) is 12.4 Å². The Bertz CT molecular complexity index is 1090. The molecule has 3 amide bonds. The third-order valence-corrected chi connectivity index (χ3v) is 4.63. The zero-order valence-corrected chi connectivity index (χ0v) is 17.4. The molecule has 7 nitrogen and oxygen atoms in total. The van der Waals surface area contributed by atoms with Gasteiger partial charge in [-0.1, -0.05) is 35.9 Å². The lowest BCUT2D eigenvalue weighted by molar-refractivity contribution is -0.115. The molecule has 0 unspecified atom stereocenters. The van der Waals surface area contributed by atoms with Crippen LogP contribution in [0.4, 0.5) is 5.69 Å². The maximum absolute atomic E-state index is 12.3. The van der Waals surface area contributed by atoms with Crippen molar-refractivity contribution in [3.05, 3.63) is 94.5 Å². The first-order valence-corrected chi connectivity index (χ1v) is 9.72. The number of carbonyl (C=O) groups is 3. The predicted octanol–water partition coefficient (Wildman–Crippen LogP) is 3.60. The number of nitrogens with one attached hydrogen (secondary N) is 3. The van der Waals surface area contributed by atoms with E-state index < -0.39 is 11.8 Å². The second-order valence-corrected chi connectivity index (χ2v) is 6.95.